The number of aliphatic carboxylic acids is 1. The Labute approximate surface area is 123 Å². The Balaban J connectivity index is 1.92. The number of nitrogens with two attached hydrogens (primary N) is 1. The van der Waals surface area contributed by atoms with Crippen LogP contribution < -0.4 is 5.73 Å². The molecule has 3 N–H and O–H groups in total. The molecule has 118 valence electrons. The number of carbonyl (C=O) groups excluding carboxylic acids is 2. The molecule has 0 aromatic rings. The number of rotatable bonds is 5. The van der Waals surface area contributed by atoms with Gasteiger partial charge in [-0.3, -0.25) is 14.4 Å². The van der Waals surface area contributed by atoms with Gasteiger partial charge in [0, 0.05) is 13.1 Å². The minimum atomic E-state index is -1.27. The molecular formula is C14H22N2O5. The Morgan fingerprint density at radius 2 is 1.81 bits per heavy atom. The van der Waals surface area contributed by atoms with Crippen molar-refractivity contribution in [3.63, 3.8) is 0 Å². The number of carbonyl (C=O) groups is 3. The monoisotopic (exact) mass is 298 g/mol. The molecule has 1 aliphatic heterocycles. The molecule has 1 atom stereocenters. The van der Waals surface area contributed by atoms with Crippen molar-refractivity contribution >= 4 is 17.8 Å². The first-order chi connectivity index (χ1) is 9.70. The van der Waals surface area contributed by atoms with E-state index in [1.165, 1.54) is 0 Å². The molecule has 1 aliphatic carbocycles. The van der Waals surface area contributed by atoms with Crippen LogP contribution in [-0.2, 0) is 19.1 Å². The Bertz CT molecular complexity index is 468. The lowest BCUT2D eigenvalue weighted by atomic mass is 9.93. The van der Waals surface area contributed by atoms with Gasteiger partial charge in [0.2, 0.25) is 11.8 Å². The Kier molecular flexibility index (Phi) is 3.97. The molecule has 2 amide bonds. The van der Waals surface area contributed by atoms with Crippen LogP contribution in [0.1, 0.15) is 33.1 Å². The van der Waals surface area contributed by atoms with E-state index in [1.54, 1.807) is 4.90 Å². The van der Waals surface area contributed by atoms with Gasteiger partial charge in [-0.05, 0) is 24.7 Å². The van der Waals surface area contributed by atoms with Gasteiger partial charge in [-0.2, -0.15) is 0 Å². The van der Waals surface area contributed by atoms with Gasteiger partial charge in [0.15, 0.2) is 5.41 Å². The summed E-state index contributed by atoms with van der Waals surface area (Å²) < 4.78 is 5.33. The van der Waals surface area contributed by atoms with E-state index in [2.05, 4.69) is 0 Å². The maximum absolute atomic E-state index is 12.5. The summed E-state index contributed by atoms with van der Waals surface area (Å²) in [7, 11) is 0. The summed E-state index contributed by atoms with van der Waals surface area (Å²) >= 11 is 0. The van der Waals surface area contributed by atoms with Crippen LogP contribution in [0.3, 0.4) is 0 Å². The van der Waals surface area contributed by atoms with Crippen molar-refractivity contribution in [2.75, 3.05) is 19.7 Å². The van der Waals surface area contributed by atoms with E-state index in [0.29, 0.717) is 32.4 Å². The molecule has 2 fully saturated rings. The number of amides is 2. The molecule has 0 aromatic heterocycles. The quantitative estimate of drug-likeness (QED) is 0.693. The van der Waals surface area contributed by atoms with Crippen molar-refractivity contribution in [3.8, 4) is 0 Å². The summed E-state index contributed by atoms with van der Waals surface area (Å²) in [5, 5.41) is 9.41. The van der Waals surface area contributed by atoms with Crippen LogP contribution in [0.5, 0.6) is 0 Å². The second-order valence-corrected chi connectivity index (χ2v) is 6.54. The lowest BCUT2D eigenvalue weighted by Gasteiger charge is -2.34. The van der Waals surface area contributed by atoms with Gasteiger partial charge >= 0.3 is 5.97 Å². The van der Waals surface area contributed by atoms with Crippen LogP contribution in [0.25, 0.3) is 0 Å². The number of carboxylic acid groups (broad SMARTS) is 1. The molecule has 7 heteroatoms. The standard InChI is InChI=1S/C14H22N2O5/c1-13(2)8-14(13,12(19)20)11(18)16-5-3-9(4-6-16)21-7-10(15)17/h9H,3-8H2,1-2H3,(H2,15,17)(H,19,20). The van der Waals surface area contributed by atoms with E-state index in [1.807, 2.05) is 13.8 Å². The van der Waals surface area contributed by atoms with E-state index >= 15 is 0 Å². The first-order valence-corrected chi connectivity index (χ1v) is 7.13. The molecule has 1 heterocycles. The third-order valence-corrected chi connectivity index (χ3v) is 4.66. The molecule has 1 unspecified atom stereocenters. The number of likely N-dealkylation sites (tertiary alicyclic amines) is 1. The second-order valence-electron chi connectivity index (χ2n) is 6.54. The van der Waals surface area contributed by atoms with Crippen LogP contribution in [-0.4, -0.2) is 53.6 Å². The van der Waals surface area contributed by atoms with Crippen molar-refractivity contribution in [2.45, 2.75) is 39.2 Å². The number of primary amides is 1. The van der Waals surface area contributed by atoms with E-state index in [-0.39, 0.29) is 18.6 Å². The highest BCUT2D eigenvalue weighted by Gasteiger charge is 2.72. The highest BCUT2D eigenvalue weighted by molar-refractivity contribution is 6.06. The summed E-state index contributed by atoms with van der Waals surface area (Å²) in [5.41, 5.74) is 3.26. The molecule has 21 heavy (non-hydrogen) atoms. The van der Waals surface area contributed by atoms with Crippen molar-refractivity contribution in [1.29, 1.82) is 0 Å². The van der Waals surface area contributed by atoms with Gasteiger partial charge in [0.1, 0.15) is 6.61 Å². The molecular weight excluding hydrogens is 276 g/mol. The third-order valence-electron chi connectivity index (χ3n) is 4.66. The normalized spacial score (nSPS) is 28.2. The number of ether oxygens (including phenoxy) is 1. The molecule has 0 aromatic carbocycles. The Morgan fingerprint density at radius 3 is 2.19 bits per heavy atom. The zero-order valence-electron chi connectivity index (χ0n) is 12.4. The summed E-state index contributed by atoms with van der Waals surface area (Å²) in [4.78, 5) is 36.3. The third kappa shape index (κ3) is 2.74. The fraction of sp³-hybridized carbons (Fsp3) is 0.786. The minimum absolute atomic E-state index is 0.102. The first-order valence-electron chi connectivity index (χ1n) is 7.13. The zero-order valence-corrected chi connectivity index (χ0v) is 12.4. The second kappa shape index (κ2) is 5.29. The average molecular weight is 298 g/mol. The maximum Gasteiger partial charge on any atom is 0.319 e. The minimum Gasteiger partial charge on any atom is -0.480 e. The topological polar surface area (TPSA) is 110 Å². The first kappa shape index (κ1) is 15.8. The lowest BCUT2D eigenvalue weighted by molar-refractivity contribution is -0.156. The summed E-state index contributed by atoms with van der Waals surface area (Å²) in [6, 6.07) is 0. The molecule has 0 radical (unpaired) electrons. The van der Waals surface area contributed by atoms with Crippen molar-refractivity contribution < 1.29 is 24.2 Å². The Morgan fingerprint density at radius 1 is 1.29 bits per heavy atom. The van der Waals surface area contributed by atoms with Crippen LogP contribution in [0.15, 0.2) is 0 Å². The summed E-state index contributed by atoms with van der Waals surface area (Å²) in [6.07, 6.45) is 1.46. The number of nitrogens with zero attached hydrogens (tertiary/aromatic N) is 1. The SMILES string of the molecule is CC1(C)CC1(C(=O)O)C(=O)N1CCC(OCC(N)=O)CC1. The number of carboxylic acids is 1. The largest absolute Gasteiger partial charge is 0.480 e. The summed E-state index contributed by atoms with van der Waals surface area (Å²) in [6.45, 7) is 4.40. The highest BCUT2D eigenvalue weighted by Crippen LogP contribution is 2.64. The molecule has 2 aliphatic rings. The van der Waals surface area contributed by atoms with E-state index in [4.69, 9.17) is 10.5 Å². The number of hydrogen-bond donors (Lipinski definition) is 2. The van der Waals surface area contributed by atoms with Crippen molar-refractivity contribution in [3.05, 3.63) is 0 Å². The van der Waals surface area contributed by atoms with E-state index < -0.39 is 22.7 Å². The summed E-state index contributed by atoms with van der Waals surface area (Å²) in [5.74, 6) is -1.85. The van der Waals surface area contributed by atoms with Gasteiger partial charge in [-0.1, -0.05) is 13.8 Å². The van der Waals surface area contributed by atoms with Crippen molar-refractivity contribution in [1.82, 2.24) is 4.90 Å². The maximum atomic E-state index is 12.5. The Hall–Kier alpha value is -1.63. The predicted octanol–water partition coefficient (Wildman–Crippen LogP) is -0.0198. The lowest BCUT2D eigenvalue weighted by Crippen LogP contribution is -2.48. The van der Waals surface area contributed by atoms with Gasteiger partial charge in [0.25, 0.3) is 0 Å². The van der Waals surface area contributed by atoms with Gasteiger partial charge in [0.05, 0.1) is 6.10 Å². The predicted molar refractivity (Wildman–Crippen MR) is 73.2 cm³/mol. The molecule has 1 saturated heterocycles. The number of piperidine rings is 1. The smallest absolute Gasteiger partial charge is 0.319 e. The van der Waals surface area contributed by atoms with E-state index in [9.17, 15) is 19.5 Å². The average Bonchev–Trinajstić information content (AvgIpc) is 3.01. The fourth-order valence-corrected chi connectivity index (χ4v) is 3.14. The highest BCUT2D eigenvalue weighted by atomic mass is 16.5. The van der Waals surface area contributed by atoms with Crippen molar-refractivity contribution in [2.24, 2.45) is 16.6 Å². The number of hydrogen-bond acceptors (Lipinski definition) is 4. The molecule has 0 spiro atoms. The van der Waals surface area contributed by atoms with Gasteiger partial charge < -0.3 is 20.5 Å². The van der Waals surface area contributed by atoms with Crippen LogP contribution >= 0.6 is 0 Å². The van der Waals surface area contributed by atoms with Crippen LogP contribution in [0.2, 0.25) is 0 Å². The fourth-order valence-electron chi connectivity index (χ4n) is 3.14. The molecule has 1 saturated carbocycles. The molecule has 7 nitrogen and oxygen atoms in total. The van der Waals surface area contributed by atoms with Crippen LogP contribution in [0, 0.1) is 10.8 Å². The molecule has 2 rings (SSSR count). The van der Waals surface area contributed by atoms with Gasteiger partial charge in [-0.25, -0.2) is 0 Å². The van der Waals surface area contributed by atoms with Crippen LogP contribution in [0.4, 0.5) is 0 Å². The van der Waals surface area contributed by atoms with E-state index in [0.717, 1.165) is 0 Å². The molecule has 0 bridgehead atoms. The zero-order chi connectivity index (χ0) is 15.8. The van der Waals surface area contributed by atoms with Gasteiger partial charge in [-0.15, -0.1) is 0 Å².